The van der Waals surface area contributed by atoms with E-state index in [-0.39, 0.29) is 16.7 Å². The van der Waals surface area contributed by atoms with Crippen molar-refractivity contribution in [1.29, 1.82) is 0 Å². The van der Waals surface area contributed by atoms with Crippen LogP contribution in [0.1, 0.15) is 17.4 Å². The Morgan fingerprint density at radius 2 is 2.05 bits per heavy atom. The zero-order valence-corrected chi connectivity index (χ0v) is 13.4. The van der Waals surface area contributed by atoms with E-state index in [2.05, 4.69) is 9.97 Å². The first-order valence-corrected chi connectivity index (χ1v) is 8.86. The highest BCUT2D eigenvalue weighted by Crippen LogP contribution is 2.32. The van der Waals surface area contributed by atoms with Crippen molar-refractivity contribution in [1.82, 2.24) is 9.97 Å². The third-order valence-electron chi connectivity index (χ3n) is 2.99. The van der Waals surface area contributed by atoms with E-state index in [4.69, 9.17) is 11.6 Å². The molecule has 4 nitrogen and oxygen atoms in total. The van der Waals surface area contributed by atoms with Crippen LogP contribution in [0.3, 0.4) is 0 Å². The van der Waals surface area contributed by atoms with Gasteiger partial charge in [0.25, 0.3) is 0 Å². The first-order chi connectivity index (χ1) is 8.86. The van der Waals surface area contributed by atoms with E-state index in [1.165, 1.54) is 17.7 Å². The van der Waals surface area contributed by atoms with Crippen LogP contribution in [0, 0.1) is 19.8 Å². The lowest BCUT2D eigenvalue weighted by Gasteiger charge is -2.09. The van der Waals surface area contributed by atoms with E-state index in [0.717, 1.165) is 15.3 Å². The Hall–Kier alpha value is -0.720. The molecule has 1 atom stereocenters. The molecule has 2 rings (SSSR count). The van der Waals surface area contributed by atoms with Crippen LogP contribution in [0.15, 0.2) is 11.4 Å². The fraction of sp³-hybridized carbons (Fsp3) is 0.500. The van der Waals surface area contributed by atoms with E-state index >= 15 is 0 Å². The van der Waals surface area contributed by atoms with Crippen molar-refractivity contribution < 1.29 is 8.42 Å². The summed E-state index contributed by atoms with van der Waals surface area (Å²) in [5, 5.41) is 0.795. The van der Waals surface area contributed by atoms with E-state index in [9.17, 15) is 8.42 Å². The molecule has 0 saturated carbocycles. The molecule has 0 saturated heterocycles. The minimum absolute atomic E-state index is 0.0109. The Bertz CT molecular complexity index is 710. The summed E-state index contributed by atoms with van der Waals surface area (Å²) in [5.41, 5.74) is 0.942. The maximum Gasteiger partial charge on any atom is 0.196 e. The lowest BCUT2D eigenvalue weighted by molar-refractivity contribution is 0.580. The summed E-state index contributed by atoms with van der Waals surface area (Å²) in [6.45, 7) is 5.68. The van der Waals surface area contributed by atoms with Gasteiger partial charge in [-0.15, -0.1) is 22.9 Å². The predicted octanol–water partition coefficient (Wildman–Crippen LogP) is 2.96. The third-order valence-corrected chi connectivity index (χ3v) is 6.54. The molecule has 2 aromatic heterocycles. The molecule has 2 aromatic rings. The summed E-state index contributed by atoms with van der Waals surface area (Å²) in [5.74, 6) is 0.225. The van der Waals surface area contributed by atoms with Crippen LogP contribution in [0.2, 0.25) is 0 Å². The molecule has 2 heterocycles. The van der Waals surface area contributed by atoms with Gasteiger partial charge in [-0.2, -0.15) is 0 Å². The highest BCUT2D eigenvalue weighted by Gasteiger charge is 2.24. The molecule has 0 N–H and O–H groups in total. The number of rotatable bonds is 4. The maximum atomic E-state index is 12.4. The van der Waals surface area contributed by atoms with Gasteiger partial charge in [-0.25, -0.2) is 18.4 Å². The van der Waals surface area contributed by atoms with Gasteiger partial charge in [0.1, 0.15) is 11.2 Å². The van der Waals surface area contributed by atoms with Crippen molar-refractivity contribution in [2.24, 2.45) is 5.92 Å². The molecule has 0 radical (unpaired) electrons. The number of aryl methyl sites for hydroxylation is 2. The van der Waals surface area contributed by atoms with Crippen LogP contribution in [0.5, 0.6) is 0 Å². The van der Waals surface area contributed by atoms with Crippen molar-refractivity contribution in [2.45, 2.75) is 25.8 Å². The Labute approximate surface area is 121 Å². The average molecular weight is 319 g/mol. The molecule has 7 heteroatoms. The highest BCUT2D eigenvalue weighted by atomic mass is 35.5. The van der Waals surface area contributed by atoms with E-state index in [1.54, 1.807) is 0 Å². The number of fused-ring (bicyclic) bond motifs is 1. The summed E-state index contributed by atoms with van der Waals surface area (Å²) in [4.78, 5) is 9.95. The van der Waals surface area contributed by atoms with Crippen LogP contribution in [-0.4, -0.2) is 30.0 Å². The molecular weight excluding hydrogens is 304 g/mol. The number of alkyl halides is 1. The van der Waals surface area contributed by atoms with Crippen molar-refractivity contribution in [3.63, 3.8) is 0 Å². The number of thiophene rings is 1. The number of halogens is 1. The molecule has 0 fully saturated rings. The topological polar surface area (TPSA) is 59.9 Å². The molecule has 0 aliphatic carbocycles. The zero-order valence-electron chi connectivity index (χ0n) is 11.0. The van der Waals surface area contributed by atoms with Crippen molar-refractivity contribution in [2.75, 3.05) is 11.6 Å². The highest BCUT2D eigenvalue weighted by molar-refractivity contribution is 7.91. The molecule has 0 spiro atoms. The lowest BCUT2D eigenvalue weighted by Crippen LogP contribution is -2.16. The van der Waals surface area contributed by atoms with Crippen LogP contribution in [-0.2, 0) is 9.84 Å². The summed E-state index contributed by atoms with van der Waals surface area (Å²) in [6.07, 6.45) is 1.32. The summed E-state index contributed by atoms with van der Waals surface area (Å²) in [6, 6.07) is 0. The molecule has 0 aliphatic rings. The number of hydrogen-bond donors (Lipinski definition) is 0. The largest absolute Gasteiger partial charge is 0.225 e. The SMILES string of the molecule is Cc1sc2ncnc(S(=O)(=O)CC(C)CCl)c2c1C. The zero-order chi connectivity index (χ0) is 14.2. The second-order valence-corrected chi connectivity index (χ2v) is 8.14. The minimum Gasteiger partial charge on any atom is -0.225 e. The predicted molar refractivity (Wildman–Crippen MR) is 78.8 cm³/mol. The first-order valence-electron chi connectivity index (χ1n) is 5.86. The fourth-order valence-corrected chi connectivity index (χ4v) is 4.98. The summed E-state index contributed by atoms with van der Waals surface area (Å²) >= 11 is 7.20. The van der Waals surface area contributed by atoms with Gasteiger partial charge in [0, 0.05) is 10.8 Å². The molecule has 1 unspecified atom stereocenters. The van der Waals surface area contributed by atoms with Gasteiger partial charge in [0.05, 0.1) is 11.1 Å². The molecule has 19 heavy (non-hydrogen) atoms. The number of sulfone groups is 1. The van der Waals surface area contributed by atoms with Gasteiger partial charge in [-0.3, -0.25) is 0 Å². The van der Waals surface area contributed by atoms with Gasteiger partial charge in [-0.05, 0) is 25.3 Å². The Morgan fingerprint density at radius 1 is 1.37 bits per heavy atom. The molecule has 0 aromatic carbocycles. The minimum atomic E-state index is -3.44. The van der Waals surface area contributed by atoms with Crippen LogP contribution < -0.4 is 0 Å². The monoisotopic (exact) mass is 318 g/mol. The Kier molecular flexibility index (Phi) is 4.13. The Balaban J connectivity index is 2.63. The lowest BCUT2D eigenvalue weighted by atomic mass is 10.2. The smallest absolute Gasteiger partial charge is 0.196 e. The molecule has 0 bridgehead atoms. The quantitative estimate of drug-likeness (QED) is 0.642. The second kappa shape index (κ2) is 5.34. The maximum absolute atomic E-state index is 12.4. The van der Waals surface area contributed by atoms with Crippen LogP contribution in [0.25, 0.3) is 10.2 Å². The van der Waals surface area contributed by atoms with Gasteiger partial charge < -0.3 is 0 Å². The van der Waals surface area contributed by atoms with Crippen molar-refractivity contribution in [3.8, 4) is 0 Å². The van der Waals surface area contributed by atoms with Gasteiger partial charge in [0.2, 0.25) is 0 Å². The molecule has 0 aliphatic heterocycles. The fourth-order valence-electron chi connectivity index (χ4n) is 1.88. The average Bonchev–Trinajstić information content (AvgIpc) is 2.64. The summed E-state index contributed by atoms with van der Waals surface area (Å²) < 4.78 is 24.9. The van der Waals surface area contributed by atoms with E-state index in [1.807, 2.05) is 20.8 Å². The van der Waals surface area contributed by atoms with Crippen molar-refractivity contribution >= 4 is 43.0 Å². The van der Waals surface area contributed by atoms with Gasteiger partial charge in [0.15, 0.2) is 14.9 Å². The van der Waals surface area contributed by atoms with E-state index < -0.39 is 9.84 Å². The number of aromatic nitrogens is 2. The summed E-state index contributed by atoms with van der Waals surface area (Å²) in [7, 11) is -3.44. The standard InChI is InChI=1S/C12H15ClN2O2S2/c1-7(4-13)5-19(16,17)12-10-8(2)9(3)18-11(10)14-6-15-12/h6-7H,4-5H2,1-3H3. The van der Waals surface area contributed by atoms with Crippen LogP contribution >= 0.6 is 22.9 Å². The van der Waals surface area contributed by atoms with Crippen molar-refractivity contribution in [3.05, 3.63) is 16.8 Å². The second-order valence-electron chi connectivity index (χ2n) is 4.68. The Morgan fingerprint density at radius 3 is 2.68 bits per heavy atom. The number of nitrogens with zero attached hydrogens (tertiary/aromatic N) is 2. The van der Waals surface area contributed by atoms with Gasteiger partial charge >= 0.3 is 0 Å². The molecular formula is C12H15ClN2O2S2. The van der Waals surface area contributed by atoms with Gasteiger partial charge in [-0.1, -0.05) is 6.92 Å². The molecule has 0 amide bonds. The third kappa shape index (κ3) is 2.75. The first kappa shape index (κ1) is 14.7. The normalized spacial score (nSPS) is 13.9. The van der Waals surface area contributed by atoms with Crippen LogP contribution in [0.4, 0.5) is 0 Å². The number of hydrogen-bond acceptors (Lipinski definition) is 5. The molecule has 104 valence electrons. The van der Waals surface area contributed by atoms with E-state index in [0.29, 0.717) is 11.3 Å².